The monoisotopic (exact) mass is 755 g/mol. The third kappa shape index (κ3) is 7.88. The number of nitrogens with one attached hydrogen (secondary N) is 3. The Kier molecular flexibility index (Phi) is 10.0. The number of sulfonamides is 1. The topological polar surface area (TPSA) is 181 Å². The largest absolute Gasteiger partial charge is 0.450 e. The van der Waals surface area contributed by atoms with E-state index < -0.39 is 106 Å². The van der Waals surface area contributed by atoms with E-state index >= 15 is 0 Å². The summed E-state index contributed by atoms with van der Waals surface area (Å²) < 4.78 is 93.8. The molecule has 3 heterocycles. The van der Waals surface area contributed by atoms with Crippen LogP contribution in [0, 0.1) is 11.7 Å². The lowest BCUT2D eigenvalue weighted by Crippen LogP contribution is -2.58. The Morgan fingerprint density at radius 1 is 1.13 bits per heavy atom. The normalized spacial score (nSPS) is 28.7. The van der Waals surface area contributed by atoms with Gasteiger partial charge >= 0.3 is 18.4 Å². The lowest BCUT2D eigenvalue weighted by atomic mass is 10.0. The van der Waals surface area contributed by atoms with E-state index in [4.69, 9.17) is 9.47 Å². The molecule has 0 unspecified atom stereocenters. The minimum Gasteiger partial charge on any atom is -0.450 e. The van der Waals surface area contributed by atoms with Crippen LogP contribution in [0.2, 0.25) is 0 Å². The van der Waals surface area contributed by atoms with Gasteiger partial charge in [-0.25, -0.2) is 22.4 Å². The molecule has 3 aliphatic heterocycles. The summed E-state index contributed by atoms with van der Waals surface area (Å²) in [5.41, 5.74) is -0.364. The van der Waals surface area contributed by atoms with Crippen LogP contribution >= 0.6 is 0 Å². The predicted molar refractivity (Wildman–Crippen MR) is 173 cm³/mol. The van der Waals surface area contributed by atoms with Crippen molar-refractivity contribution in [2.45, 2.75) is 93.2 Å². The molecule has 0 radical (unpaired) electrons. The Balaban J connectivity index is 1.28. The highest BCUT2D eigenvalue weighted by molar-refractivity contribution is 7.91. The Morgan fingerprint density at radius 2 is 1.87 bits per heavy atom. The Bertz CT molecular complexity index is 1820. The first kappa shape index (κ1) is 37.1. The van der Waals surface area contributed by atoms with Gasteiger partial charge < -0.3 is 25.0 Å². The molecule has 14 nitrogen and oxygen atoms in total. The van der Waals surface area contributed by atoms with Crippen molar-refractivity contribution < 1.29 is 59.4 Å². The molecule has 6 rings (SSSR count). The van der Waals surface area contributed by atoms with Gasteiger partial charge in [0.1, 0.15) is 29.5 Å². The van der Waals surface area contributed by atoms with Crippen molar-refractivity contribution >= 4 is 46.0 Å². The zero-order chi connectivity index (χ0) is 37.6. The van der Waals surface area contributed by atoms with Gasteiger partial charge in [-0.05, 0) is 49.3 Å². The molecule has 0 aromatic heterocycles. The number of benzene rings is 1. The van der Waals surface area contributed by atoms with Crippen LogP contribution in [-0.2, 0) is 47.0 Å². The van der Waals surface area contributed by atoms with E-state index in [0.29, 0.717) is 30.4 Å². The average molecular weight is 756 g/mol. The van der Waals surface area contributed by atoms with Crippen molar-refractivity contribution in [3.05, 3.63) is 53.4 Å². The quantitative estimate of drug-likeness (QED) is 0.279. The van der Waals surface area contributed by atoms with Crippen LogP contribution < -0.4 is 15.4 Å². The number of hydrogen-bond donors (Lipinski definition) is 3. The standard InChI is InChI=1S/C33H37F4N5O9S/c1-2-19-13-32(19,29(45)40-52(48,49)21-8-9-21)39-27(43)26-12-20-15-42(26)28(44)25(14-33(35,36)37)38-30(46)50-11-5-3-4-6-18-7-10-24(34)23-17-41(16-22(18)23)31(47)51-20/h2,4,6-7,10,19-21,25-26H,1,3,5,8-9,11-17H2,(H,38,46)(H,39,43)(H,40,45)/b6-4+/t19-,20-,25+,26+,32-/m1/s1. The van der Waals surface area contributed by atoms with Crippen LogP contribution in [0.1, 0.15) is 61.6 Å². The maximum atomic E-state index is 14.8. The molecule has 19 heteroatoms. The number of carbonyl (C=O) groups is 5. The zero-order valence-electron chi connectivity index (χ0n) is 27.7. The fourth-order valence-corrected chi connectivity index (χ4v) is 8.13. The van der Waals surface area contributed by atoms with E-state index in [2.05, 4.69) is 11.9 Å². The Hall–Kier alpha value is -4.68. The number of ether oxygens (including phenoxy) is 2. The van der Waals surface area contributed by atoms with Gasteiger partial charge in [0, 0.05) is 17.9 Å². The van der Waals surface area contributed by atoms with Gasteiger partial charge in [0.25, 0.3) is 5.91 Å². The number of alkyl halides is 3. The summed E-state index contributed by atoms with van der Waals surface area (Å²) in [4.78, 5) is 68.9. The maximum absolute atomic E-state index is 14.8. The smallest absolute Gasteiger partial charge is 0.410 e. The third-order valence-corrected chi connectivity index (χ3v) is 11.6. The highest BCUT2D eigenvalue weighted by Gasteiger charge is 2.62. The highest BCUT2D eigenvalue weighted by Crippen LogP contribution is 2.45. The highest BCUT2D eigenvalue weighted by atomic mass is 32.2. The lowest BCUT2D eigenvalue weighted by molar-refractivity contribution is -0.155. The maximum Gasteiger partial charge on any atom is 0.410 e. The average Bonchev–Trinajstić information content (AvgIpc) is 3.96. The second-order valence-electron chi connectivity index (χ2n) is 13.6. The van der Waals surface area contributed by atoms with E-state index in [9.17, 15) is 50.0 Å². The Morgan fingerprint density at radius 3 is 2.54 bits per heavy atom. The predicted octanol–water partition coefficient (Wildman–Crippen LogP) is 2.77. The molecule has 2 aliphatic carbocycles. The van der Waals surface area contributed by atoms with E-state index in [-0.39, 0.29) is 38.1 Å². The number of halogens is 4. The first-order chi connectivity index (χ1) is 24.5. The molecule has 5 atom stereocenters. The molecule has 282 valence electrons. The van der Waals surface area contributed by atoms with Crippen molar-refractivity contribution in [3.8, 4) is 0 Å². The van der Waals surface area contributed by atoms with Crippen molar-refractivity contribution in [2.24, 2.45) is 5.92 Å². The number of cyclic esters (lactones) is 1. The summed E-state index contributed by atoms with van der Waals surface area (Å²) in [5, 5.41) is 3.66. The molecule has 3 N–H and O–H groups in total. The minimum atomic E-state index is -4.96. The van der Waals surface area contributed by atoms with Gasteiger partial charge in [-0.1, -0.05) is 24.3 Å². The lowest BCUT2D eigenvalue weighted by Gasteiger charge is -2.30. The molecule has 5 amide bonds. The fraction of sp³-hybridized carbons (Fsp3) is 0.545. The number of alkyl carbamates (subject to hydrolysis) is 1. The SMILES string of the molecule is C=C[C@@H]1C[C@]1(NC(=O)[C@@H]1C[C@@H]2CN1C(=O)[C@H](CC(F)(F)F)NC(=O)OCCC/C=C/c1ccc(F)c3c1CN(C3)C(=O)O2)C(=O)NS(=O)(=O)C1CC1. The first-order valence-electron chi connectivity index (χ1n) is 16.7. The van der Waals surface area contributed by atoms with Gasteiger partial charge in [0.05, 0.1) is 37.9 Å². The van der Waals surface area contributed by atoms with E-state index in [1.807, 2.05) is 10.0 Å². The molecule has 2 saturated carbocycles. The molecule has 1 aromatic rings. The number of fused-ring (bicyclic) bond motifs is 3. The summed E-state index contributed by atoms with van der Waals surface area (Å²) in [6, 6.07) is -1.08. The number of nitrogens with zero attached hydrogens (tertiary/aromatic N) is 2. The van der Waals surface area contributed by atoms with Crippen LogP contribution in [0.3, 0.4) is 0 Å². The first-order valence-corrected chi connectivity index (χ1v) is 18.3. The summed E-state index contributed by atoms with van der Waals surface area (Å²) in [5.74, 6) is -4.70. The van der Waals surface area contributed by atoms with E-state index in [0.717, 1.165) is 4.90 Å². The third-order valence-electron chi connectivity index (χ3n) is 9.80. The number of hydrogen-bond acceptors (Lipinski definition) is 9. The summed E-state index contributed by atoms with van der Waals surface area (Å²) in [6.07, 6.45) is -4.72. The number of amides is 5. The molecule has 1 saturated heterocycles. The fourth-order valence-electron chi connectivity index (χ4n) is 6.77. The molecule has 3 fully saturated rings. The van der Waals surface area contributed by atoms with Gasteiger partial charge in [-0.15, -0.1) is 6.58 Å². The van der Waals surface area contributed by atoms with Gasteiger partial charge in [-0.2, -0.15) is 13.2 Å². The molecule has 1 aromatic carbocycles. The minimum absolute atomic E-state index is 0.0373. The van der Waals surface area contributed by atoms with Crippen LogP contribution in [0.4, 0.5) is 27.2 Å². The molecular weight excluding hydrogens is 718 g/mol. The molecule has 52 heavy (non-hydrogen) atoms. The van der Waals surface area contributed by atoms with Crippen LogP contribution in [0.15, 0.2) is 30.9 Å². The zero-order valence-corrected chi connectivity index (χ0v) is 28.6. The van der Waals surface area contributed by atoms with Crippen molar-refractivity contribution in [1.29, 1.82) is 0 Å². The van der Waals surface area contributed by atoms with Gasteiger partial charge in [0.15, 0.2) is 0 Å². The van der Waals surface area contributed by atoms with Crippen molar-refractivity contribution in [2.75, 3.05) is 13.2 Å². The van der Waals surface area contributed by atoms with Crippen LogP contribution in [0.25, 0.3) is 6.08 Å². The summed E-state index contributed by atoms with van der Waals surface area (Å²) >= 11 is 0. The number of allylic oxidation sites excluding steroid dienone is 1. The van der Waals surface area contributed by atoms with Gasteiger partial charge in [-0.3, -0.25) is 24.0 Å². The summed E-state index contributed by atoms with van der Waals surface area (Å²) in [6.45, 7) is 2.63. The second-order valence-corrected chi connectivity index (χ2v) is 15.5. The number of carbonyl (C=O) groups excluding carboxylic acids is 5. The van der Waals surface area contributed by atoms with E-state index in [1.165, 1.54) is 17.0 Å². The van der Waals surface area contributed by atoms with Crippen LogP contribution in [-0.4, -0.2) is 96.4 Å². The molecule has 0 spiro atoms. The number of rotatable bonds is 7. The summed E-state index contributed by atoms with van der Waals surface area (Å²) in [7, 11) is -4.04. The molecular formula is C33H37F4N5O9S. The second kappa shape index (κ2) is 14.0. The van der Waals surface area contributed by atoms with Gasteiger partial charge in [0.2, 0.25) is 21.8 Å². The van der Waals surface area contributed by atoms with E-state index in [1.54, 1.807) is 18.2 Å². The van der Waals surface area contributed by atoms with Crippen molar-refractivity contribution in [3.63, 3.8) is 0 Å². The Labute approximate surface area is 296 Å². The van der Waals surface area contributed by atoms with Crippen molar-refractivity contribution in [1.82, 2.24) is 25.2 Å². The molecule has 4 bridgehead atoms. The molecule has 5 aliphatic rings. The van der Waals surface area contributed by atoms with Crippen LogP contribution in [0.5, 0.6) is 0 Å².